The number of hydrogen-bond acceptors (Lipinski definition) is 9. The molecule has 0 aromatic carbocycles. The highest BCUT2D eigenvalue weighted by Gasteiger charge is 2.32. The van der Waals surface area contributed by atoms with E-state index in [4.69, 9.17) is 16.9 Å². The maximum absolute atomic E-state index is 13.1. The van der Waals surface area contributed by atoms with Crippen molar-refractivity contribution < 1.29 is 38.7 Å². The van der Waals surface area contributed by atoms with E-state index < -0.39 is 84.6 Å². The molecule has 0 rings (SSSR count). The number of hydrogen-bond donors (Lipinski definition) is 11. The number of nitrogens with two attached hydrogens (primary N) is 2. The molecule has 310 valence electrons. The lowest BCUT2D eigenvalue weighted by Crippen LogP contribution is -2.59. The molecule has 0 saturated carbocycles. The molecule has 18 heteroatoms. The Bertz CT molecular complexity index is 1190. The lowest BCUT2D eigenvalue weighted by molar-refractivity contribution is -0.136. The maximum Gasteiger partial charge on any atom is 0.245 e. The zero-order valence-electron chi connectivity index (χ0n) is 32.8. The molecule has 0 aromatic heterocycles. The topological polar surface area (TPSA) is 300 Å². The van der Waals surface area contributed by atoms with Gasteiger partial charge in [0.05, 0.1) is 19.1 Å². The van der Waals surface area contributed by atoms with Crippen molar-refractivity contribution in [3.63, 3.8) is 0 Å². The lowest BCUT2D eigenvalue weighted by atomic mass is 10.0. The first-order valence-corrected chi connectivity index (χ1v) is 19.4. The van der Waals surface area contributed by atoms with Crippen LogP contribution in [0.1, 0.15) is 130 Å². The Morgan fingerprint density at radius 1 is 0.630 bits per heavy atom. The van der Waals surface area contributed by atoms with Gasteiger partial charge < -0.3 is 53.8 Å². The van der Waals surface area contributed by atoms with Gasteiger partial charge >= 0.3 is 0 Å². The van der Waals surface area contributed by atoms with Crippen LogP contribution in [0.5, 0.6) is 0 Å². The molecule has 1 unspecified atom stereocenters. The minimum absolute atomic E-state index is 0.148. The highest BCUT2D eigenvalue weighted by Crippen LogP contribution is 2.13. The fourth-order valence-electron chi connectivity index (χ4n) is 5.54. The van der Waals surface area contributed by atoms with Crippen molar-refractivity contribution in [2.24, 2.45) is 11.5 Å². The number of carbonyl (C=O) groups is 7. The fourth-order valence-corrected chi connectivity index (χ4v) is 5.54. The molecule has 0 fully saturated rings. The monoisotopic (exact) mass is 769 g/mol. The molecule has 13 N–H and O–H groups in total. The Morgan fingerprint density at radius 3 is 1.69 bits per heavy atom. The van der Waals surface area contributed by atoms with Crippen LogP contribution in [-0.2, 0) is 33.6 Å². The second-order valence-electron chi connectivity index (χ2n) is 13.7. The molecule has 0 saturated heterocycles. The van der Waals surface area contributed by atoms with Crippen LogP contribution in [0.15, 0.2) is 0 Å². The Kier molecular flexibility index (Phi) is 27.4. The Hall–Kier alpha value is -4.48. The van der Waals surface area contributed by atoms with Crippen molar-refractivity contribution in [2.75, 3.05) is 20.1 Å². The van der Waals surface area contributed by atoms with Crippen molar-refractivity contribution in [1.82, 2.24) is 37.2 Å². The molecule has 0 spiro atoms. The number of rotatable bonds is 31. The first-order valence-electron chi connectivity index (χ1n) is 19.4. The molecule has 18 nitrogen and oxygen atoms in total. The van der Waals surface area contributed by atoms with E-state index in [1.54, 1.807) is 0 Å². The molecular weight excluding hydrogens is 700 g/mol. The number of aliphatic hydroxyl groups is 1. The minimum atomic E-state index is -1.54. The van der Waals surface area contributed by atoms with Crippen LogP contribution >= 0.6 is 0 Å². The average Bonchev–Trinajstić information content (AvgIpc) is 3.11. The van der Waals surface area contributed by atoms with Crippen molar-refractivity contribution in [2.45, 2.75) is 160 Å². The van der Waals surface area contributed by atoms with E-state index in [1.165, 1.54) is 72.3 Å². The molecule has 7 amide bonds. The normalized spacial score (nSPS) is 13.6. The van der Waals surface area contributed by atoms with Gasteiger partial charge in [-0.15, -0.1) is 0 Å². The first kappa shape index (κ1) is 49.5. The summed E-state index contributed by atoms with van der Waals surface area (Å²) in [5.74, 6) is -5.43. The third kappa shape index (κ3) is 24.7. The highest BCUT2D eigenvalue weighted by molar-refractivity contribution is 5.97. The molecule has 0 aromatic rings. The molecule has 0 radical (unpaired) electrons. The number of aliphatic hydroxyl groups excluding tert-OH is 1. The molecule has 0 heterocycles. The molecule has 54 heavy (non-hydrogen) atoms. The summed E-state index contributed by atoms with van der Waals surface area (Å²) in [6.45, 7) is 4.59. The molecule has 0 aliphatic rings. The zero-order chi connectivity index (χ0) is 40.9. The number of primary amides is 1. The smallest absolute Gasteiger partial charge is 0.245 e. The predicted octanol–water partition coefficient (Wildman–Crippen LogP) is -0.192. The SMILES string of the molecule is CCCCCCCCCCCCCCCC(=O)NC(C(=O)N[C@@H](CC(N)=O)C(=O)N[C@@H](C)C(=O)NCC(=O)N[C@@H](CCCNC(=N)N)C(=O)NC)[C@@H](C)O. The molecule has 0 bridgehead atoms. The van der Waals surface area contributed by atoms with Crippen LogP contribution in [0, 0.1) is 5.41 Å². The van der Waals surface area contributed by atoms with Crippen molar-refractivity contribution >= 4 is 47.3 Å². The Balaban J connectivity index is 4.86. The van der Waals surface area contributed by atoms with E-state index in [2.05, 4.69) is 44.1 Å². The van der Waals surface area contributed by atoms with Crippen molar-refractivity contribution in [3.8, 4) is 0 Å². The summed E-state index contributed by atoms with van der Waals surface area (Å²) in [6, 6.07) is -5.13. The van der Waals surface area contributed by atoms with Crippen LogP contribution in [0.2, 0.25) is 0 Å². The van der Waals surface area contributed by atoms with Crippen LogP contribution in [0.4, 0.5) is 0 Å². The molecule has 0 aliphatic heterocycles. The van der Waals surface area contributed by atoms with Gasteiger partial charge in [0.15, 0.2) is 5.96 Å². The van der Waals surface area contributed by atoms with Crippen molar-refractivity contribution in [1.29, 1.82) is 5.41 Å². The van der Waals surface area contributed by atoms with Gasteiger partial charge in [-0.05, 0) is 33.1 Å². The number of amides is 7. The number of nitrogens with one attached hydrogen (secondary N) is 8. The van der Waals surface area contributed by atoms with Crippen LogP contribution < -0.4 is 48.7 Å². The molecule has 0 aliphatic carbocycles. The van der Waals surface area contributed by atoms with Gasteiger partial charge in [0.1, 0.15) is 24.2 Å². The fraction of sp³-hybridized carbons (Fsp3) is 0.778. The first-order chi connectivity index (χ1) is 25.6. The second-order valence-corrected chi connectivity index (χ2v) is 13.7. The summed E-state index contributed by atoms with van der Waals surface area (Å²) in [7, 11) is 1.40. The third-order valence-electron chi connectivity index (χ3n) is 8.69. The van der Waals surface area contributed by atoms with E-state index in [9.17, 15) is 38.7 Å². The van der Waals surface area contributed by atoms with E-state index in [0.29, 0.717) is 19.4 Å². The predicted molar refractivity (Wildman–Crippen MR) is 205 cm³/mol. The number of carbonyl (C=O) groups excluding carboxylic acids is 7. The average molecular weight is 769 g/mol. The van der Waals surface area contributed by atoms with Gasteiger partial charge in [-0.2, -0.15) is 0 Å². The number of guanidine groups is 1. The van der Waals surface area contributed by atoms with Gasteiger partial charge in [0, 0.05) is 20.0 Å². The zero-order valence-corrected chi connectivity index (χ0v) is 32.8. The maximum atomic E-state index is 13.1. The minimum Gasteiger partial charge on any atom is -0.391 e. The second kappa shape index (κ2) is 29.9. The lowest BCUT2D eigenvalue weighted by Gasteiger charge is -2.25. The largest absolute Gasteiger partial charge is 0.391 e. The third-order valence-corrected chi connectivity index (χ3v) is 8.69. The standard InChI is InChI=1S/C36H68N10O8/c1-5-6-7-8-9-10-11-12-13-14-15-16-17-20-29(49)46-31(25(3)47)35(54)45-27(22-28(37)48)34(53)43-24(2)32(51)42-23-30(50)44-26(33(52)40-4)19-18-21-41-36(38)39/h24-27,31,47H,5-23H2,1-4H3,(H2,37,48)(H,40,52)(H,42,51)(H,43,53)(H,44,50)(H,45,54)(H,46,49)(H4,38,39,41)/t24-,25+,26-,27-,31?/m0/s1. The Labute approximate surface area is 320 Å². The van der Waals surface area contributed by atoms with Crippen molar-refractivity contribution in [3.05, 3.63) is 0 Å². The van der Waals surface area contributed by atoms with Gasteiger partial charge in [-0.1, -0.05) is 84.0 Å². The van der Waals surface area contributed by atoms with E-state index in [-0.39, 0.29) is 18.8 Å². The Morgan fingerprint density at radius 2 is 1.19 bits per heavy atom. The van der Waals surface area contributed by atoms with Gasteiger partial charge in [0.25, 0.3) is 0 Å². The van der Waals surface area contributed by atoms with Crippen LogP contribution in [0.25, 0.3) is 0 Å². The van der Waals surface area contributed by atoms with Crippen LogP contribution in [0.3, 0.4) is 0 Å². The summed E-state index contributed by atoms with van der Waals surface area (Å²) >= 11 is 0. The van der Waals surface area contributed by atoms with Gasteiger partial charge in [-0.3, -0.25) is 39.0 Å². The van der Waals surface area contributed by atoms with Crippen LogP contribution in [-0.4, -0.2) is 103 Å². The quantitative estimate of drug-likeness (QED) is 0.0251. The number of unbranched alkanes of at least 4 members (excludes halogenated alkanes) is 12. The van der Waals surface area contributed by atoms with E-state index in [0.717, 1.165) is 25.7 Å². The summed E-state index contributed by atoms with van der Waals surface area (Å²) in [5.41, 5.74) is 10.5. The van der Waals surface area contributed by atoms with Gasteiger partial charge in [0.2, 0.25) is 41.4 Å². The van der Waals surface area contributed by atoms with E-state index >= 15 is 0 Å². The summed E-state index contributed by atoms with van der Waals surface area (Å²) in [5, 5.41) is 34.5. The molecular formula is C36H68N10O8. The molecule has 5 atom stereocenters. The number of likely N-dealkylation sites (N-methyl/N-ethyl adjacent to an activating group) is 1. The summed E-state index contributed by atoms with van der Waals surface area (Å²) in [4.78, 5) is 87.8. The summed E-state index contributed by atoms with van der Waals surface area (Å²) in [6.07, 6.45) is 13.8. The van der Waals surface area contributed by atoms with Gasteiger partial charge in [-0.25, -0.2) is 0 Å². The van der Waals surface area contributed by atoms with E-state index in [1.807, 2.05) is 0 Å². The summed E-state index contributed by atoms with van der Waals surface area (Å²) < 4.78 is 0. The highest BCUT2D eigenvalue weighted by atomic mass is 16.3.